The number of nitrogens with one attached hydrogen (secondary N) is 1. The zero-order chi connectivity index (χ0) is 20.5. The number of alkyl halides is 6. The molecular weight excluding hydrogens is 400 g/mol. The highest BCUT2D eigenvalue weighted by Crippen LogP contribution is 2.52. The summed E-state index contributed by atoms with van der Waals surface area (Å²) in [5.41, 5.74) is -5.97. The molecular formula is C16H13F6NO3S. The monoisotopic (exact) mass is 413 g/mol. The van der Waals surface area contributed by atoms with Crippen LogP contribution in [0, 0.1) is 0 Å². The predicted octanol–water partition coefficient (Wildman–Crippen LogP) is 4.45. The van der Waals surface area contributed by atoms with Crippen molar-refractivity contribution in [1.29, 1.82) is 0 Å². The normalized spacial score (nSPS) is 13.4. The van der Waals surface area contributed by atoms with Gasteiger partial charge in [-0.05, 0) is 24.3 Å². The van der Waals surface area contributed by atoms with E-state index in [9.17, 15) is 34.8 Å². The van der Waals surface area contributed by atoms with Gasteiger partial charge in [0.15, 0.2) is 0 Å². The average Bonchev–Trinajstić information content (AvgIpc) is 2.55. The lowest BCUT2D eigenvalue weighted by atomic mass is 9.92. The van der Waals surface area contributed by atoms with Crippen molar-refractivity contribution in [1.82, 2.24) is 0 Å². The number of rotatable bonds is 5. The van der Waals surface area contributed by atoms with E-state index in [4.69, 9.17) is 0 Å². The molecule has 4 nitrogen and oxygen atoms in total. The third-order valence-electron chi connectivity index (χ3n) is 3.70. The molecule has 27 heavy (non-hydrogen) atoms. The molecule has 11 heteroatoms. The largest absolute Gasteiger partial charge is 0.430 e. The van der Waals surface area contributed by atoms with E-state index >= 15 is 0 Å². The number of ether oxygens (including phenoxy) is 1. The van der Waals surface area contributed by atoms with Gasteiger partial charge in [-0.25, -0.2) is 8.42 Å². The molecule has 0 fully saturated rings. The van der Waals surface area contributed by atoms with Gasteiger partial charge in [0.1, 0.15) is 0 Å². The first-order valence-electron chi connectivity index (χ1n) is 7.22. The minimum atomic E-state index is -5.79. The molecule has 0 bridgehead atoms. The van der Waals surface area contributed by atoms with E-state index in [1.807, 2.05) is 0 Å². The number of methoxy groups -OCH3 is 1. The Morgan fingerprint density at radius 2 is 1.30 bits per heavy atom. The van der Waals surface area contributed by atoms with Crippen molar-refractivity contribution in [3.8, 4) is 0 Å². The number of sulfonamides is 1. The Hall–Kier alpha value is -2.27. The summed E-state index contributed by atoms with van der Waals surface area (Å²) in [5, 5.41) is 0. The Morgan fingerprint density at radius 1 is 0.815 bits per heavy atom. The summed E-state index contributed by atoms with van der Waals surface area (Å²) in [6.45, 7) is 0. The summed E-state index contributed by atoms with van der Waals surface area (Å²) >= 11 is 0. The Labute approximate surface area is 150 Å². The quantitative estimate of drug-likeness (QED) is 0.737. The lowest BCUT2D eigenvalue weighted by Crippen LogP contribution is -2.55. The van der Waals surface area contributed by atoms with E-state index in [2.05, 4.69) is 9.46 Å². The summed E-state index contributed by atoms with van der Waals surface area (Å²) in [7, 11) is -3.75. The first-order valence-corrected chi connectivity index (χ1v) is 8.70. The minimum absolute atomic E-state index is 0.120. The molecule has 0 amide bonds. The molecule has 0 saturated carbocycles. The lowest BCUT2D eigenvalue weighted by Gasteiger charge is -2.36. The van der Waals surface area contributed by atoms with Crippen LogP contribution in [0.3, 0.4) is 0 Å². The van der Waals surface area contributed by atoms with Crippen molar-refractivity contribution in [2.24, 2.45) is 0 Å². The van der Waals surface area contributed by atoms with Crippen LogP contribution in [0.15, 0.2) is 59.5 Å². The molecule has 2 aromatic carbocycles. The fraction of sp³-hybridized carbons (Fsp3) is 0.250. The summed E-state index contributed by atoms with van der Waals surface area (Å²) in [5.74, 6) is 0. The molecule has 0 aliphatic carbocycles. The number of hydrogen-bond donors (Lipinski definition) is 1. The summed E-state index contributed by atoms with van der Waals surface area (Å²) in [6.07, 6.45) is -11.6. The van der Waals surface area contributed by atoms with Crippen molar-refractivity contribution in [2.75, 3.05) is 11.8 Å². The van der Waals surface area contributed by atoms with Gasteiger partial charge in [-0.1, -0.05) is 30.3 Å². The second-order valence-corrected chi connectivity index (χ2v) is 7.06. The number of anilines is 1. The molecule has 2 rings (SSSR count). The topological polar surface area (TPSA) is 55.4 Å². The van der Waals surface area contributed by atoms with Crippen LogP contribution in [-0.2, 0) is 20.4 Å². The molecule has 148 valence electrons. The van der Waals surface area contributed by atoms with Crippen molar-refractivity contribution in [3.05, 3.63) is 60.2 Å². The summed E-state index contributed by atoms with van der Waals surface area (Å²) in [4.78, 5) is -0.120. The van der Waals surface area contributed by atoms with Gasteiger partial charge in [0.2, 0.25) is 0 Å². The van der Waals surface area contributed by atoms with Crippen LogP contribution in [-0.4, -0.2) is 27.9 Å². The standard InChI is InChI=1S/C16H13F6NO3S/c1-26-14(15(17,18)19,16(20,21)22)11-7-9-12(10-8-11)23-27(24,25)13-5-3-2-4-6-13/h2-10,23H,1H3. The van der Waals surface area contributed by atoms with E-state index in [-0.39, 0.29) is 10.6 Å². The second-order valence-electron chi connectivity index (χ2n) is 5.38. The van der Waals surface area contributed by atoms with Gasteiger partial charge in [0, 0.05) is 18.4 Å². The Balaban J connectivity index is 2.41. The number of halogens is 6. The van der Waals surface area contributed by atoms with Gasteiger partial charge in [-0.15, -0.1) is 0 Å². The third kappa shape index (κ3) is 3.88. The fourth-order valence-electron chi connectivity index (χ4n) is 2.42. The maximum atomic E-state index is 13.2. The van der Waals surface area contributed by atoms with Crippen LogP contribution in [0.4, 0.5) is 32.0 Å². The number of benzene rings is 2. The van der Waals surface area contributed by atoms with Gasteiger partial charge >= 0.3 is 12.4 Å². The van der Waals surface area contributed by atoms with E-state index in [1.165, 1.54) is 24.3 Å². The van der Waals surface area contributed by atoms with Gasteiger partial charge in [-0.3, -0.25) is 4.72 Å². The van der Waals surface area contributed by atoms with Gasteiger partial charge < -0.3 is 4.74 Å². The SMILES string of the molecule is COC(c1ccc(NS(=O)(=O)c2ccccc2)cc1)(C(F)(F)F)C(F)(F)F. The lowest BCUT2D eigenvalue weighted by molar-refractivity contribution is -0.383. The minimum Gasteiger partial charge on any atom is -0.357 e. The van der Waals surface area contributed by atoms with Crippen molar-refractivity contribution >= 4 is 15.7 Å². The zero-order valence-electron chi connectivity index (χ0n) is 13.6. The Morgan fingerprint density at radius 3 is 1.70 bits per heavy atom. The molecule has 0 aromatic heterocycles. The molecule has 0 heterocycles. The van der Waals surface area contributed by atoms with Crippen LogP contribution < -0.4 is 4.72 Å². The van der Waals surface area contributed by atoms with Gasteiger partial charge in [0.25, 0.3) is 15.6 Å². The highest BCUT2D eigenvalue weighted by atomic mass is 32.2. The molecule has 0 atom stereocenters. The predicted molar refractivity (Wildman–Crippen MR) is 84.5 cm³/mol. The summed E-state index contributed by atoms with van der Waals surface area (Å²) in [6, 6.07) is 9.64. The van der Waals surface area contributed by atoms with Crippen LogP contribution >= 0.6 is 0 Å². The van der Waals surface area contributed by atoms with Crippen LogP contribution in [0.2, 0.25) is 0 Å². The fourth-order valence-corrected chi connectivity index (χ4v) is 3.50. The Bertz CT molecular complexity index is 863. The molecule has 0 radical (unpaired) electrons. The van der Waals surface area contributed by atoms with Gasteiger partial charge in [-0.2, -0.15) is 26.3 Å². The molecule has 1 N–H and O–H groups in total. The number of hydrogen-bond acceptors (Lipinski definition) is 3. The van der Waals surface area contributed by atoms with Crippen molar-refractivity contribution < 1.29 is 39.5 Å². The van der Waals surface area contributed by atoms with Gasteiger partial charge in [0.05, 0.1) is 4.90 Å². The molecule has 0 aliphatic rings. The highest BCUT2D eigenvalue weighted by Gasteiger charge is 2.72. The molecule has 2 aromatic rings. The van der Waals surface area contributed by atoms with Crippen LogP contribution in [0.5, 0.6) is 0 Å². The highest BCUT2D eigenvalue weighted by molar-refractivity contribution is 7.92. The smallest absolute Gasteiger partial charge is 0.357 e. The first-order chi connectivity index (χ1) is 12.3. The molecule has 0 saturated heterocycles. The van der Waals surface area contributed by atoms with Crippen molar-refractivity contribution in [3.63, 3.8) is 0 Å². The van der Waals surface area contributed by atoms with Crippen LogP contribution in [0.1, 0.15) is 5.56 Å². The van der Waals surface area contributed by atoms with E-state index < -0.39 is 33.5 Å². The molecule has 0 spiro atoms. The maximum Gasteiger partial charge on any atom is 0.430 e. The third-order valence-corrected chi connectivity index (χ3v) is 5.10. The Kier molecular flexibility index (Phi) is 5.48. The van der Waals surface area contributed by atoms with E-state index in [0.717, 1.165) is 12.1 Å². The molecule has 0 unspecified atom stereocenters. The average molecular weight is 413 g/mol. The van der Waals surface area contributed by atoms with E-state index in [0.29, 0.717) is 19.2 Å². The maximum absolute atomic E-state index is 13.2. The zero-order valence-corrected chi connectivity index (χ0v) is 14.4. The first kappa shape index (κ1) is 21.0. The summed E-state index contributed by atoms with van der Waals surface area (Å²) < 4.78 is 109. The second kappa shape index (κ2) is 7.04. The van der Waals surface area contributed by atoms with E-state index in [1.54, 1.807) is 6.07 Å². The van der Waals surface area contributed by atoms with Crippen molar-refractivity contribution in [2.45, 2.75) is 22.8 Å². The molecule has 0 aliphatic heterocycles. The van der Waals surface area contributed by atoms with Crippen LogP contribution in [0.25, 0.3) is 0 Å².